The van der Waals surface area contributed by atoms with Crippen molar-refractivity contribution in [2.75, 3.05) is 19.9 Å². The van der Waals surface area contributed by atoms with Crippen molar-refractivity contribution in [3.05, 3.63) is 23.8 Å². The summed E-state index contributed by atoms with van der Waals surface area (Å²) >= 11 is 0. The zero-order chi connectivity index (χ0) is 13.5. The van der Waals surface area contributed by atoms with E-state index in [1.807, 2.05) is 18.2 Å². The largest absolute Gasteiger partial charge is 0.465 e. The number of unbranched alkanes of at least 4 members (excludes halogenated alkanes) is 1. The van der Waals surface area contributed by atoms with Gasteiger partial charge in [0.1, 0.15) is 0 Å². The van der Waals surface area contributed by atoms with E-state index >= 15 is 0 Å². The molecule has 0 aromatic heterocycles. The van der Waals surface area contributed by atoms with E-state index in [-0.39, 0.29) is 19.3 Å². The van der Waals surface area contributed by atoms with Crippen LogP contribution in [0.3, 0.4) is 0 Å². The maximum atomic E-state index is 11.4. The molecule has 2 rings (SSSR count). The summed E-state index contributed by atoms with van der Waals surface area (Å²) in [4.78, 5) is 11.4. The Morgan fingerprint density at radius 2 is 2.21 bits per heavy atom. The van der Waals surface area contributed by atoms with Crippen LogP contribution in [0.4, 0.5) is 0 Å². The van der Waals surface area contributed by atoms with Crippen molar-refractivity contribution in [3.63, 3.8) is 0 Å². The van der Waals surface area contributed by atoms with Crippen LogP contribution in [0.5, 0.6) is 11.5 Å². The molecule has 5 heteroatoms. The number of benzene rings is 1. The van der Waals surface area contributed by atoms with Gasteiger partial charge in [0.2, 0.25) is 6.79 Å². The lowest BCUT2D eigenvalue weighted by molar-refractivity contribution is -0.142. The Hall–Kier alpha value is -1.75. The number of rotatable bonds is 7. The number of nitrogens with one attached hydrogen (secondary N) is 1. The lowest BCUT2D eigenvalue weighted by Gasteiger charge is -2.06. The van der Waals surface area contributed by atoms with Gasteiger partial charge < -0.3 is 19.5 Å². The van der Waals surface area contributed by atoms with Crippen molar-refractivity contribution < 1.29 is 19.0 Å². The summed E-state index contributed by atoms with van der Waals surface area (Å²) in [7, 11) is 0. The highest BCUT2D eigenvalue weighted by Crippen LogP contribution is 2.32. The third-order valence-corrected chi connectivity index (χ3v) is 2.80. The summed E-state index contributed by atoms with van der Waals surface area (Å²) in [6, 6.07) is 5.74. The average molecular weight is 265 g/mol. The van der Waals surface area contributed by atoms with Gasteiger partial charge in [0.15, 0.2) is 11.5 Å². The first kappa shape index (κ1) is 13.7. The zero-order valence-corrected chi connectivity index (χ0v) is 11.1. The van der Waals surface area contributed by atoms with Crippen molar-refractivity contribution in [1.29, 1.82) is 0 Å². The van der Waals surface area contributed by atoms with Gasteiger partial charge in [0.25, 0.3) is 0 Å². The second-order valence-corrected chi connectivity index (χ2v) is 4.37. The van der Waals surface area contributed by atoms with Gasteiger partial charge in [-0.05, 0) is 24.1 Å². The smallest absolute Gasteiger partial charge is 0.319 e. The maximum absolute atomic E-state index is 11.4. The SMILES string of the molecule is CCCCOC(=O)CNCc1ccc2c(c1)OCO2. The molecule has 0 spiro atoms. The Kier molecular flexibility index (Phi) is 5.03. The zero-order valence-electron chi connectivity index (χ0n) is 11.1. The maximum Gasteiger partial charge on any atom is 0.319 e. The molecule has 1 aliphatic heterocycles. The van der Waals surface area contributed by atoms with Gasteiger partial charge in [-0.3, -0.25) is 4.79 Å². The number of hydrogen-bond acceptors (Lipinski definition) is 5. The number of esters is 1. The second-order valence-electron chi connectivity index (χ2n) is 4.37. The minimum absolute atomic E-state index is 0.214. The fourth-order valence-electron chi connectivity index (χ4n) is 1.74. The van der Waals surface area contributed by atoms with Crippen LogP contribution in [-0.2, 0) is 16.1 Å². The van der Waals surface area contributed by atoms with E-state index in [1.165, 1.54) is 0 Å². The van der Waals surface area contributed by atoms with Crippen LogP contribution in [-0.4, -0.2) is 25.9 Å². The van der Waals surface area contributed by atoms with Gasteiger partial charge in [-0.15, -0.1) is 0 Å². The highest BCUT2D eigenvalue weighted by atomic mass is 16.7. The third-order valence-electron chi connectivity index (χ3n) is 2.80. The van der Waals surface area contributed by atoms with Crippen molar-refractivity contribution in [3.8, 4) is 11.5 Å². The lowest BCUT2D eigenvalue weighted by atomic mass is 10.2. The molecule has 0 fully saturated rings. The van der Waals surface area contributed by atoms with Gasteiger partial charge in [-0.2, -0.15) is 0 Å². The molecule has 1 aliphatic rings. The van der Waals surface area contributed by atoms with E-state index in [0.29, 0.717) is 13.2 Å². The molecule has 0 aliphatic carbocycles. The van der Waals surface area contributed by atoms with Gasteiger partial charge in [-0.25, -0.2) is 0 Å². The topological polar surface area (TPSA) is 56.8 Å². The molecule has 5 nitrogen and oxygen atoms in total. The highest BCUT2D eigenvalue weighted by Gasteiger charge is 2.13. The summed E-state index contributed by atoms with van der Waals surface area (Å²) < 4.78 is 15.6. The van der Waals surface area contributed by atoms with Gasteiger partial charge in [0, 0.05) is 6.54 Å². The molecule has 1 N–H and O–H groups in total. The predicted molar refractivity (Wildman–Crippen MR) is 70.1 cm³/mol. The van der Waals surface area contributed by atoms with Crippen LogP contribution in [0, 0.1) is 0 Å². The fourth-order valence-corrected chi connectivity index (χ4v) is 1.74. The minimum Gasteiger partial charge on any atom is -0.465 e. The summed E-state index contributed by atoms with van der Waals surface area (Å²) in [5.74, 6) is 1.31. The highest BCUT2D eigenvalue weighted by molar-refractivity contribution is 5.71. The molecule has 19 heavy (non-hydrogen) atoms. The molecule has 1 aromatic rings. The molecule has 0 amide bonds. The normalized spacial score (nSPS) is 12.5. The van der Waals surface area contributed by atoms with Crippen molar-refractivity contribution in [1.82, 2.24) is 5.32 Å². The van der Waals surface area contributed by atoms with Crippen molar-refractivity contribution >= 4 is 5.97 Å². The molecule has 0 radical (unpaired) electrons. The second kappa shape index (κ2) is 6.99. The first-order chi connectivity index (χ1) is 9.29. The van der Waals surface area contributed by atoms with Crippen LogP contribution >= 0.6 is 0 Å². The van der Waals surface area contributed by atoms with Gasteiger partial charge in [-0.1, -0.05) is 19.4 Å². The molecular weight excluding hydrogens is 246 g/mol. The summed E-state index contributed by atoms with van der Waals surface area (Å²) in [5, 5.41) is 3.05. The van der Waals surface area contributed by atoms with Crippen molar-refractivity contribution in [2.45, 2.75) is 26.3 Å². The van der Waals surface area contributed by atoms with Crippen LogP contribution in [0.15, 0.2) is 18.2 Å². The lowest BCUT2D eigenvalue weighted by Crippen LogP contribution is -2.24. The Morgan fingerprint density at radius 1 is 1.37 bits per heavy atom. The molecule has 0 saturated carbocycles. The summed E-state index contributed by atoms with van der Waals surface area (Å²) in [5.41, 5.74) is 1.05. The van der Waals surface area contributed by atoms with E-state index in [0.717, 1.165) is 29.9 Å². The molecule has 0 saturated heterocycles. The van der Waals surface area contributed by atoms with Gasteiger partial charge in [0.05, 0.1) is 13.2 Å². The van der Waals surface area contributed by atoms with Crippen LogP contribution in [0.25, 0.3) is 0 Å². The Morgan fingerprint density at radius 3 is 3.05 bits per heavy atom. The number of ether oxygens (including phenoxy) is 3. The number of carbonyl (C=O) groups excluding carboxylic acids is 1. The third kappa shape index (κ3) is 4.13. The number of hydrogen-bond donors (Lipinski definition) is 1. The fraction of sp³-hybridized carbons (Fsp3) is 0.500. The first-order valence-electron chi connectivity index (χ1n) is 6.54. The number of fused-ring (bicyclic) bond motifs is 1. The standard InChI is InChI=1S/C14H19NO4/c1-2-3-6-17-14(16)9-15-8-11-4-5-12-13(7-11)19-10-18-12/h4-5,7,15H,2-3,6,8-10H2,1H3. The molecule has 0 atom stereocenters. The van der Waals surface area contributed by atoms with E-state index in [4.69, 9.17) is 14.2 Å². The Balaban J connectivity index is 1.69. The molecule has 0 bridgehead atoms. The monoisotopic (exact) mass is 265 g/mol. The molecule has 0 unspecified atom stereocenters. The Labute approximate surface area is 112 Å². The molecule has 104 valence electrons. The predicted octanol–water partition coefficient (Wildman–Crippen LogP) is 1.85. The van der Waals surface area contributed by atoms with Crippen molar-refractivity contribution in [2.24, 2.45) is 0 Å². The van der Waals surface area contributed by atoms with E-state index in [9.17, 15) is 4.79 Å². The van der Waals surface area contributed by atoms with Crippen LogP contribution in [0.1, 0.15) is 25.3 Å². The van der Waals surface area contributed by atoms with E-state index in [2.05, 4.69) is 12.2 Å². The molecule has 1 aromatic carbocycles. The van der Waals surface area contributed by atoms with Gasteiger partial charge >= 0.3 is 5.97 Å². The van der Waals surface area contributed by atoms with Crippen LogP contribution in [0.2, 0.25) is 0 Å². The minimum atomic E-state index is -0.214. The summed E-state index contributed by atoms with van der Waals surface area (Å²) in [6.45, 7) is 3.65. The summed E-state index contributed by atoms with van der Waals surface area (Å²) in [6.07, 6.45) is 1.94. The first-order valence-corrected chi connectivity index (χ1v) is 6.54. The van der Waals surface area contributed by atoms with Crippen LogP contribution < -0.4 is 14.8 Å². The Bertz CT molecular complexity index is 433. The quantitative estimate of drug-likeness (QED) is 0.602. The average Bonchev–Trinajstić information content (AvgIpc) is 2.86. The van der Waals surface area contributed by atoms with E-state index in [1.54, 1.807) is 0 Å². The molecule has 1 heterocycles. The molecular formula is C14H19NO4. The van der Waals surface area contributed by atoms with E-state index < -0.39 is 0 Å². The number of carbonyl (C=O) groups is 1.